The van der Waals surface area contributed by atoms with Crippen molar-refractivity contribution < 1.29 is 9.47 Å². The number of rotatable bonds is 17. The average Bonchev–Trinajstić information content (AvgIpc) is 3.43. The van der Waals surface area contributed by atoms with Crippen LogP contribution in [0.2, 0.25) is 0 Å². The number of ether oxygens (including phenoxy) is 2. The van der Waals surface area contributed by atoms with E-state index in [4.69, 9.17) is 15.9 Å². The molecule has 0 N–H and O–H groups in total. The highest BCUT2D eigenvalue weighted by Gasteiger charge is 2.23. The lowest BCUT2D eigenvalue weighted by Crippen LogP contribution is -2.01. The Balaban J connectivity index is 1.54. The fourth-order valence-corrected chi connectivity index (χ4v) is 7.17. The topological polar surface area (TPSA) is 22.9 Å². The van der Waals surface area contributed by atoms with Crippen LogP contribution in [0.4, 0.5) is 0 Å². The summed E-state index contributed by atoms with van der Waals surface area (Å²) in [6, 6.07) is 26.5. The van der Waals surface area contributed by atoms with Crippen LogP contribution >= 0.6 is 0 Å². The number of terminal acetylenes is 1. The van der Waals surface area contributed by atoms with Gasteiger partial charge in [-0.05, 0) is 104 Å². The molecule has 0 fully saturated rings. The van der Waals surface area contributed by atoms with Gasteiger partial charge in [-0.3, -0.25) is 0 Å². The minimum Gasteiger partial charge on any atom is -0.493 e. The van der Waals surface area contributed by atoms with Crippen LogP contribution < -0.4 is 9.47 Å². The summed E-state index contributed by atoms with van der Waals surface area (Å²) < 4.78 is 14.9. The van der Waals surface area contributed by atoms with Gasteiger partial charge in [0.05, 0.1) is 18.7 Å². The Morgan fingerprint density at radius 1 is 0.686 bits per heavy atom. The third-order valence-electron chi connectivity index (χ3n) is 9.95. The van der Waals surface area contributed by atoms with Crippen LogP contribution in [0.1, 0.15) is 107 Å². The van der Waals surface area contributed by atoms with Crippen LogP contribution in [0.15, 0.2) is 79.0 Å². The zero-order valence-electron chi connectivity index (χ0n) is 31.7. The molecule has 1 unspecified atom stereocenters. The van der Waals surface area contributed by atoms with E-state index in [0.717, 1.165) is 54.1 Å². The molecule has 5 rings (SSSR count). The van der Waals surface area contributed by atoms with E-state index in [2.05, 4.69) is 143 Å². The number of aromatic nitrogens is 1. The highest BCUT2D eigenvalue weighted by Crippen LogP contribution is 2.42. The molecule has 3 nitrogen and oxygen atoms in total. The fourth-order valence-electron chi connectivity index (χ4n) is 7.17. The van der Waals surface area contributed by atoms with Crippen LogP contribution in [0.3, 0.4) is 0 Å². The molecule has 0 saturated carbocycles. The maximum absolute atomic E-state index is 6.45. The van der Waals surface area contributed by atoms with Crippen molar-refractivity contribution in [3.8, 4) is 69.1 Å². The second kappa shape index (κ2) is 18.4. The smallest absolute Gasteiger partial charge is 0.130 e. The Kier molecular flexibility index (Phi) is 13.5. The summed E-state index contributed by atoms with van der Waals surface area (Å²) >= 11 is 0. The minimum absolute atomic E-state index is 0.00369. The molecule has 0 spiro atoms. The molecule has 5 aromatic rings. The molecular weight excluding hydrogens is 623 g/mol. The maximum Gasteiger partial charge on any atom is 0.130 e. The molecule has 0 bridgehead atoms. The summed E-state index contributed by atoms with van der Waals surface area (Å²) in [7, 11) is 0. The van der Waals surface area contributed by atoms with Gasteiger partial charge in [-0.2, -0.15) is 0 Å². The molecule has 2 aromatic heterocycles. The maximum atomic E-state index is 6.45. The van der Waals surface area contributed by atoms with Crippen LogP contribution in [-0.2, 0) is 0 Å². The Morgan fingerprint density at radius 3 is 2.04 bits per heavy atom. The van der Waals surface area contributed by atoms with Crippen molar-refractivity contribution >= 4 is 5.52 Å². The van der Waals surface area contributed by atoms with Gasteiger partial charge in [-0.25, -0.2) is 0 Å². The minimum atomic E-state index is -0.00369. The number of aryl methyl sites for hydroxylation is 3. The molecule has 264 valence electrons. The quantitative estimate of drug-likeness (QED) is 0.0722. The van der Waals surface area contributed by atoms with Crippen molar-refractivity contribution in [2.45, 2.75) is 105 Å². The van der Waals surface area contributed by atoms with E-state index < -0.39 is 0 Å². The molecule has 0 aliphatic carbocycles. The van der Waals surface area contributed by atoms with Gasteiger partial charge in [0.15, 0.2) is 0 Å². The Labute approximate surface area is 307 Å². The first-order valence-electron chi connectivity index (χ1n) is 19.1. The van der Waals surface area contributed by atoms with Crippen molar-refractivity contribution in [3.63, 3.8) is 0 Å². The monoisotopic (exact) mass is 677 g/mol. The van der Waals surface area contributed by atoms with E-state index >= 15 is 0 Å². The number of fused-ring (bicyclic) bond motifs is 1. The van der Waals surface area contributed by atoms with Crippen LogP contribution in [-0.4, -0.2) is 17.6 Å². The number of nitrogens with zero attached hydrogens (tertiary/aromatic N) is 1. The molecule has 0 aliphatic heterocycles. The molecular formula is C48H55NO2. The van der Waals surface area contributed by atoms with Crippen molar-refractivity contribution in [1.29, 1.82) is 0 Å². The number of unbranched alkanes of at least 4 members (excludes halogenated alkanes) is 6. The first kappa shape index (κ1) is 37.4. The molecule has 3 aromatic carbocycles. The van der Waals surface area contributed by atoms with Crippen LogP contribution in [0.5, 0.6) is 11.5 Å². The number of pyridine rings is 1. The molecule has 51 heavy (non-hydrogen) atoms. The SMILES string of the molecule is C#CC#CC(CC)c1c(-c2ccc(-c3ccc(OCCCCCC)cc3OCCCCCC)cc2)c(C)n2ccc(-c3ccc(C)cc3C)cc12. The van der Waals surface area contributed by atoms with Gasteiger partial charge in [0.1, 0.15) is 11.5 Å². The molecule has 1 atom stereocenters. The van der Waals surface area contributed by atoms with Crippen molar-refractivity contribution in [3.05, 3.63) is 101 Å². The van der Waals surface area contributed by atoms with Gasteiger partial charge in [-0.1, -0.05) is 113 Å². The summed E-state index contributed by atoms with van der Waals surface area (Å²) in [6.45, 7) is 14.6. The van der Waals surface area contributed by atoms with Gasteiger partial charge in [0.25, 0.3) is 0 Å². The average molecular weight is 678 g/mol. The van der Waals surface area contributed by atoms with E-state index in [1.165, 1.54) is 83.1 Å². The highest BCUT2D eigenvalue weighted by molar-refractivity contribution is 5.85. The van der Waals surface area contributed by atoms with Crippen molar-refractivity contribution in [2.75, 3.05) is 13.2 Å². The normalized spacial score (nSPS) is 11.5. The van der Waals surface area contributed by atoms with E-state index in [-0.39, 0.29) is 5.92 Å². The van der Waals surface area contributed by atoms with Crippen LogP contribution in [0, 0.1) is 45.0 Å². The van der Waals surface area contributed by atoms with Gasteiger partial charge < -0.3 is 13.9 Å². The largest absolute Gasteiger partial charge is 0.493 e. The number of hydrogen-bond donors (Lipinski definition) is 0. The fraction of sp³-hybridized carbons (Fsp3) is 0.375. The van der Waals surface area contributed by atoms with E-state index in [1.54, 1.807) is 0 Å². The third kappa shape index (κ3) is 9.09. The molecule has 0 saturated heterocycles. The molecule has 0 radical (unpaired) electrons. The lowest BCUT2D eigenvalue weighted by atomic mass is 9.89. The van der Waals surface area contributed by atoms with Gasteiger partial charge >= 0.3 is 0 Å². The lowest BCUT2D eigenvalue weighted by Gasteiger charge is -2.16. The van der Waals surface area contributed by atoms with E-state index in [9.17, 15) is 0 Å². The second-order valence-corrected chi connectivity index (χ2v) is 13.8. The van der Waals surface area contributed by atoms with Crippen LogP contribution in [0.25, 0.3) is 38.9 Å². The summed E-state index contributed by atoms with van der Waals surface area (Å²) in [5.41, 5.74) is 13.2. The lowest BCUT2D eigenvalue weighted by molar-refractivity contribution is 0.291. The Bertz CT molecular complexity index is 2010. The van der Waals surface area contributed by atoms with Gasteiger partial charge in [-0.15, -0.1) is 6.42 Å². The highest BCUT2D eigenvalue weighted by atomic mass is 16.5. The molecule has 0 amide bonds. The molecule has 0 aliphatic rings. The Morgan fingerprint density at radius 2 is 1.37 bits per heavy atom. The number of benzene rings is 3. The first-order chi connectivity index (χ1) is 24.9. The first-order valence-corrected chi connectivity index (χ1v) is 19.1. The second-order valence-electron chi connectivity index (χ2n) is 13.8. The molecule has 2 heterocycles. The van der Waals surface area contributed by atoms with Gasteiger partial charge in [0.2, 0.25) is 0 Å². The standard InChI is InChI=1S/C48H55NO2/c1-8-12-15-17-30-50-42-25-27-44(46(34-42)51-31-18-16-13-9-2)39-21-23-40(24-22-39)47-37(7)49-29-28-41(43-26-20-35(5)32-36(43)6)33-45(49)48(47)38(11-4)19-14-10-3/h3,20-29,32-34,38H,8-9,11-13,15-18,30-31H2,1-2,4-7H3. The van der Waals surface area contributed by atoms with Crippen molar-refractivity contribution in [2.24, 2.45) is 0 Å². The zero-order valence-corrected chi connectivity index (χ0v) is 31.7. The predicted octanol–water partition coefficient (Wildman–Crippen LogP) is 12.9. The summed E-state index contributed by atoms with van der Waals surface area (Å²) in [5, 5.41) is 0. The zero-order chi connectivity index (χ0) is 36.2. The summed E-state index contributed by atoms with van der Waals surface area (Å²) in [4.78, 5) is 0. The number of hydrogen-bond acceptors (Lipinski definition) is 2. The van der Waals surface area contributed by atoms with Gasteiger partial charge in [0, 0.05) is 40.6 Å². The van der Waals surface area contributed by atoms with E-state index in [1.807, 2.05) is 0 Å². The summed E-state index contributed by atoms with van der Waals surface area (Å²) in [6.07, 6.45) is 18.1. The third-order valence-corrected chi connectivity index (χ3v) is 9.95. The Hall–Kier alpha value is -4.86. The molecule has 3 heteroatoms. The van der Waals surface area contributed by atoms with E-state index in [0.29, 0.717) is 6.61 Å². The van der Waals surface area contributed by atoms with Crippen molar-refractivity contribution in [1.82, 2.24) is 4.40 Å². The predicted molar refractivity (Wildman–Crippen MR) is 217 cm³/mol. The summed E-state index contributed by atoms with van der Waals surface area (Å²) in [5.74, 6) is 10.7.